The van der Waals surface area contributed by atoms with E-state index in [1.54, 1.807) is 48.5 Å². The normalized spacial score (nSPS) is 10.8. The Kier molecular flexibility index (Phi) is 16.7. The first kappa shape index (κ1) is 39.5. The van der Waals surface area contributed by atoms with Gasteiger partial charge in [-0.3, -0.25) is 4.79 Å². The van der Waals surface area contributed by atoms with Gasteiger partial charge in [0, 0.05) is 12.2 Å². The van der Waals surface area contributed by atoms with Crippen LogP contribution in [-0.2, 0) is 28.7 Å². The minimum Gasteiger partial charge on any atom is -0.494 e. The van der Waals surface area contributed by atoms with Crippen molar-refractivity contribution in [1.29, 1.82) is 5.26 Å². The number of carbonyl (C=O) groups is 4. The summed E-state index contributed by atoms with van der Waals surface area (Å²) in [5, 5.41) is 9.56. The highest BCUT2D eigenvalue weighted by Gasteiger charge is 2.15. The number of benzene rings is 3. The lowest BCUT2D eigenvalue weighted by atomic mass is 10.1. The van der Waals surface area contributed by atoms with E-state index in [0.717, 1.165) is 12.2 Å². The summed E-state index contributed by atoms with van der Waals surface area (Å²) in [7, 11) is 0. The van der Waals surface area contributed by atoms with Gasteiger partial charge in [0.15, 0.2) is 0 Å². The molecule has 0 amide bonds. The third-order valence-electron chi connectivity index (χ3n) is 6.73. The van der Waals surface area contributed by atoms with Crippen LogP contribution in [0.15, 0.2) is 109 Å². The maximum Gasteiger partial charge on any atom is 0.354 e. The molecular weight excluding hydrogens is 668 g/mol. The van der Waals surface area contributed by atoms with Gasteiger partial charge in [-0.05, 0) is 97.5 Å². The largest absolute Gasteiger partial charge is 0.494 e. The molecule has 266 valence electrons. The summed E-state index contributed by atoms with van der Waals surface area (Å²) in [6, 6.07) is 20.9. The third kappa shape index (κ3) is 14.3. The van der Waals surface area contributed by atoms with Gasteiger partial charge in [-0.25, -0.2) is 19.2 Å². The Bertz CT molecular complexity index is 1710. The quantitative estimate of drug-likeness (QED) is 0.0304. The summed E-state index contributed by atoms with van der Waals surface area (Å²) < 4.78 is 31.8. The second-order valence-corrected chi connectivity index (χ2v) is 10.6. The monoisotopic (exact) mass is 704 g/mol. The van der Waals surface area contributed by atoms with Crippen LogP contribution in [0.5, 0.6) is 23.0 Å². The first-order chi connectivity index (χ1) is 25.2. The minimum absolute atomic E-state index is 0.105. The SMILES string of the molecule is [C-]#[N+]/C(=C\c1ccc(OCCCCOC(=O)C=C)cc1)C(=O)Oc1ccc(OC(=O)/C(C#N)=C/c2ccc(OCCCCOC(=O)C=C)cc2)cc1. The van der Waals surface area contributed by atoms with E-state index >= 15 is 0 Å². The first-order valence-electron chi connectivity index (χ1n) is 16.0. The number of carbonyl (C=O) groups excluding carboxylic acids is 4. The van der Waals surface area contributed by atoms with Crippen LogP contribution in [-0.4, -0.2) is 50.3 Å². The smallest absolute Gasteiger partial charge is 0.354 e. The summed E-state index contributed by atoms with van der Waals surface area (Å²) in [5.41, 5.74) is 0.653. The summed E-state index contributed by atoms with van der Waals surface area (Å²) in [6.07, 6.45) is 7.61. The number of nitrogens with zero attached hydrogens (tertiary/aromatic N) is 2. The van der Waals surface area contributed by atoms with Crippen LogP contribution in [0.25, 0.3) is 17.0 Å². The van der Waals surface area contributed by atoms with Crippen molar-refractivity contribution in [2.24, 2.45) is 0 Å². The molecule has 0 unspecified atom stereocenters. The lowest BCUT2D eigenvalue weighted by molar-refractivity contribution is -0.138. The topological polar surface area (TPSA) is 152 Å². The summed E-state index contributed by atoms with van der Waals surface area (Å²) in [5.74, 6) is -1.29. The van der Waals surface area contributed by atoms with Gasteiger partial charge >= 0.3 is 23.9 Å². The Morgan fingerprint density at radius 1 is 0.615 bits per heavy atom. The van der Waals surface area contributed by atoms with Crippen LogP contribution >= 0.6 is 0 Å². The van der Waals surface area contributed by atoms with Gasteiger partial charge in [0.25, 0.3) is 5.70 Å². The van der Waals surface area contributed by atoms with E-state index in [0.29, 0.717) is 61.5 Å². The molecule has 0 atom stereocenters. The van der Waals surface area contributed by atoms with Gasteiger partial charge in [0.05, 0.1) is 33.0 Å². The molecule has 12 nitrogen and oxygen atoms in total. The highest BCUT2D eigenvalue weighted by Crippen LogP contribution is 2.22. The van der Waals surface area contributed by atoms with E-state index in [1.807, 2.05) is 6.07 Å². The Morgan fingerprint density at radius 3 is 1.44 bits per heavy atom. The van der Waals surface area contributed by atoms with E-state index in [9.17, 15) is 24.4 Å². The van der Waals surface area contributed by atoms with E-state index in [4.69, 9.17) is 35.0 Å². The molecule has 0 aliphatic rings. The number of unbranched alkanes of at least 4 members (excludes halogenated alkanes) is 2. The molecule has 0 N–H and O–H groups in total. The Hall–Kier alpha value is -6.92. The zero-order valence-corrected chi connectivity index (χ0v) is 28.3. The van der Waals surface area contributed by atoms with Crippen molar-refractivity contribution in [1.82, 2.24) is 0 Å². The highest BCUT2D eigenvalue weighted by molar-refractivity contribution is 5.99. The number of nitriles is 1. The molecule has 3 rings (SSSR count). The molecule has 0 aliphatic carbocycles. The highest BCUT2D eigenvalue weighted by atomic mass is 16.5. The molecule has 0 bridgehead atoms. The van der Waals surface area contributed by atoms with Crippen molar-refractivity contribution in [3.05, 3.63) is 132 Å². The Morgan fingerprint density at radius 2 is 1.02 bits per heavy atom. The van der Waals surface area contributed by atoms with Crippen LogP contribution in [0.1, 0.15) is 36.8 Å². The summed E-state index contributed by atoms with van der Waals surface area (Å²) in [4.78, 5) is 50.7. The number of ether oxygens (including phenoxy) is 6. The van der Waals surface area contributed by atoms with Crippen molar-refractivity contribution in [2.45, 2.75) is 25.7 Å². The standard InChI is InChI=1S/C40H36N2O10/c1-4-37(43)49-24-8-6-22-47-32-14-10-29(11-15-32)26-31(28-41)39(45)51-34-18-20-35(21-19-34)52-40(46)36(42-3)27-30-12-16-33(17-13-30)48-23-7-9-25-50-38(44)5-2/h4-5,10-21,26-27H,1-2,6-9,22-25H2/b31-26+,36-27-. The molecule has 0 aliphatic heterocycles. The van der Waals surface area contributed by atoms with Crippen molar-refractivity contribution < 1.29 is 47.6 Å². The molecule has 0 saturated heterocycles. The van der Waals surface area contributed by atoms with E-state index in [2.05, 4.69) is 18.0 Å². The molecule has 0 fully saturated rings. The zero-order valence-electron chi connectivity index (χ0n) is 28.3. The lowest BCUT2D eigenvalue weighted by Crippen LogP contribution is -2.11. The maximum absolute atomic E-state index is 12.7. The van der Waals surface area contributed by atoms with Gasteiger partial charge < -0.3 is 28.4 Å². The van der Waals surface area contributed by atoms with E-state index in [-0.39, 0.29) is 36.0 Å². The van der Waals surface area contributed by atoms with Gasteiger partial charge in [0.1, 0.15) is 34.6 Å². The van der Waals surface area contributed by atoms with Crippen LogP contribution in [0.4, 0.5) is 0 Å². The van der Waals surface area contributed by atoms with Crippen molar-refractivity contribution in [2.75, 3.05) is 26.4 Å². The number of rotatable bonds is 20. The van der Waals surface area contributed by atoms with Crippen LogP contribution in [0.2, 0.25) is 0 Å². The summed E-state index contributed by atoms with van der Waals surface area (Å²) >= 11 is 0. The Balaban J connectivity index is 1.47. The number of hydrogen-bond acceptors (Lipinski definition) is 11. The third-order valence-corrected chi connectivity index (χ3v) is 6.73. The average molecular weight is 705 g/mol. The maximum atomic E-state index is 12.7. The molecule has 3 aromatic carbocycles. The van der Waals surface area contributed by atoms with Crippen molar-refractivity contribution >= 4 is 36.0 Å². The van der Waals surface area contributed by atoms with E-state index < -0.39 is 23.9 Å². The Labute approximate surface area is 301 Å². The second kappa shape index (κ2) is 21.9. The first-order valence-corrected chi connectivity index (χ1v) is 16.0. The van der Waals surface area contributed by atoms with E-state index in [1.165, 1.54) is 36.4 Å². The van der Waals surface area contributed by atoms with Crippen molar-refractivity contribution in [3.8, 4) is 29.1 Å². The van der Waals surface area contributed by atoms with Gasteiger partial charge in [-0.2, -0.15) is 5.26 Å². The fraction of sp³-hybridized carbons (Fsp3) is 0.200. The fourth-order valence-corrected chi connectivity index (χ4v) is 4.07. The second-order valence-electron chi connectivity index (χ2n) is 10.6. The number of esters is 4. The minimum atomic E-state index is -0.883. The average Bonchev–Trinajstić information content (AvgIpc) is 3.16. The van der Waals surface area contributed by atoms with Crippen LogP contribution in [0, 0.1) is 17.9 Å². The molecule has 0 spiro atoms. The zero-order chi connectivity index (χ0) is 37.6. The molecule has 52 heavy (non-hydrogen) atoms. The van der Waals surface area contributed by atoms with Gasteiger partial charge in [-0.1, -0.05) is 37.4 Å². The molecule has 0 saturated carbocycles. The predicted octanol–water partition coefficient (Wildman–Crippen LogP) is 6.84. The van der Waals surface area contributed by atoms with Gasteiger partial charge in [-0.15, -0.1) is 0 Å². The summed E-state index contributed by atoms with van der Waals surface area (Å²) in [6.45, 7) is 15.5. The molecular formula is C40H36N2O10. The van der Waals surface area contributed by atoms with Gasteiger partial charge in [0.2, 0.25) is 0 Å². The lowest BCUT2D eigenvalue weighted by Gasteiger charge is -2.08. The number of hydrogen-bond donors (Lipinski definition) is 0. The molecule has 12 heteroatoms. The van der Waals surface area contributed by atoms with Crippen LogP contribution in [0.3, 0.4) is 0 Å². The molecule has 0 aromatic heterocycles. The van der Waals surface area contributed by atoms with Crippen LogP contribution < -0.4 is 18.9 Å². The predicted molar refractivity (Wildman–Crippen MR) is 191 cm³/mol. The molecule has 0 heterocycles. The molecule has 0 radical (unpaired) electrons. The molecule has 3 aromatic rings. The van der Waals surface area contributed by atoms with Crippen molar-refractivity contribution in [3.63, 3.8) is 0 Å². The fourth-order valence-electron chi connectivity index (χ4n) is 4.07.